The fraction of sp³-hybridized carbons (Fsp3) is 0.321. The van der Waals surface area contributed by atoms with E-state index in [9.17, 15) is 19.2 Å². The standard InChI is InChI=1S/C28H30ClN5O5/c1-16(35)20-10-8-18(29)13-17(20)7-12-26(37)32-22-5-3-4-6-25(36)33-23-14-19(31-28(38)39-2)9-11-21(23)24-15-30-27(22)34-24/h7-15,17,20,22H,3-6H2,1-2H3,(H,30,34)(H,31,38)(H,32,37)(H,33,36)/b12-7+/t17?,20?,22-/m0/s1. The number of nitrogens with zero attached hydrogens (tertiary/aromatic N) is 1. The van der Waals surface area contributed by atoms with Gasteiger partial charge < -0.3 is 20.4 Å². The van der Waals surface area contributed by atoms with Crippen molar-refractivity contribution in [1.82, 2.24) is 15.3 Å². The van der Waals surface area contributed by atoms with E-state index in [1.165, 1.54) is 20.1 Å². The zero-order valence-corrected chi connectivity index (χ0v) is 22.4. The van der Waals surface area contributed by atoms with Crippen LogP contribution in [-0.2, 0) is 19.1 Å². The number of hydrogen-bond donors (Lipinski definition) is 4. The third-order valence-electron chi connectivity index (χ3n) is 6.57. The van der Waals surface area contributed by atoms with E-state index in [4.69, 9.17) is 11.6 Å². The van der Waals surface area contributed by atoms with E-state index in [1.54, 1.807) is 48.7 Å². The number of aromatic amines is 1. The first-order valence-electron chi connectivity index (χ1n) is 12.6. The number of fused-ring (bicyclic) bond motifs is 4. The molecule has 0 saturated heterocycles. The number of carbonyl (C=O) groups excluding carboxylic acids is 4. The molecule has 2 aliphatic rings. The van der Waals surface area contributed by atoms with Crippen molar-refractivity contribution in [2.75, 3.05) is 17.7 Å². The van der Waals surface area contributed by atoms with Gasteiger partial charge in [0.1, 0.15) is 11.6 Å². The molecule has 0 saturated carbocycles. The van der Waals surface area contributed by atoms with Gasteiger partial charge in [-0.3, -0.25) is 19.7 Å². The van der Waals surface area contributed by atoms with E-state index in [0.29, 0.717) is 59.2 Å². The Morgan fingerprint density at radius 1 is 1.23 bits per heavy atom. The van der Waals surface area contributed by atoms with Crippen molar-refractivity contribution in [1.29, 1.82) is 0 Å². The summed E-state index contributed by atoms with van der Waals surface area (Å²) in [5.74, 6) is -0.620. The first kappa shape index (κ1) is 27.8. The number of amides is 3. The molecule has 204 valence electrons. The number of imidazole rings is 1. The second-order valence-corrected chi connectivity index (χ2v) is 9.83. The van der Waals surface area contributed by atoms with E-state index in [2.05, 4.69) is 30.7 Å². The third-order valence-corrected chi connectivity index (χ3v) is 6.82. The lowest BCUT2D eigenvalue weighted by atomic mass is 9.85. The summed E-state index contributed by atoms with van der Waals surface area (Å²) in [4.78, 5) is 57.0. The largest absolute Gasteiger partial charge is 0.453 e. The molecule has 39 heavy (non-hydrogen) atoms. The Morgan fingerprint density at radius 3 is 2.82 bits per heavy atom. The van der Waals surface area contributed by atoms with Crippen LogP contribution < -0.4 is 16.0 Å². The molecule has 2 bridgehead atoms. The smallest absolute Gasteiger partial charge is 0.411 e. The van der Waals surface area contributed by atoms with E-state index in [0.717, 1.165) is 0 Å². The number of hydrogen-bond acceptors (Lipinski definition) is 6. The fourth-order valence-corrected chi connectivity index (χ4v) is 4.79. The lowest BCUT2D eigenvalue weighted by Gasteiger charge is -2.20. The SMILES string of the molecule is COC(=O)Nc1ccc2c(c1)NC(=O)CCCC[C@H](NC(=O)/C=C/C1C=C(Cl)C=CC1C(C)=O)c1ncc-2[nH]1. The number of ether oxygens (including phenoxy) is 1. The Labute approximate surface area is 230 Å². The summed E-state index contributed by atoms with van der Waals surface area (Å²) in [6.07, 6.45) is 11.4. The number of H-pyrrole nitrogens is 1. The number of Topliss-reactive ketones (excluding diaryl/α,β-unsaturated/α-hetero) is 1. The highest BCUT2D eigenvalue weighted by atomic mass is 35.5. The number of ketones is 1. The number of anilines is 2. The summed E-state index contributed by atoms with van der Waals surface area (Å²) in [6.45, 7) is 1.51. The maximum absolute atomic E-state index is 12.9. The molecular weight excluding hydrogens is 522 g/mol. The van der Waals surface area contributed by atoms with Crippen LogP contribution in [0.2, 0.25) is 0 Å². The topological polar surface area (TPSA) is 142 Å². The minimum Gasteiger partial charge on any atom is -0.453 e. The van der Waals surface area contributed by atoms with E-state index < -0.39 is 12.1 Å². The van der Waals surface area contributed by atoms with Crippen molar-refractivity contribution in [2.45, 2.75) is 38.6 Å². The highest BCUT2D eigenvalue weighted by Gasteiger charge is 2.24. The molecule has 0 spiro atoms. The summed E-state index contributed by atoms with van der Waals surface area (Å²) in [5.41, 5.74) is 2.27. The zero-order chi connectivity index (χ0) is 27.9. The highest BCUT2D eigenvalue weighted by molar-refractivity contribution is 6.31. The second-order valence-electron chi connectivity index (χ2n) is 9.40. The summed E-state index contributed by atoms with van der Waals surface area (Å²) in [7, 11) is 1.27. The number of halogens is 1. The lowest BCUT2D eigenvalue weighted by molar-refractivity contribution is -0.120. The molecule has 2 aromatic rings. The number of rotatable bonds is 5. The molecule has 3 atom stereocenters. The van der Waals surface area contributed by atoms with Gasteiger partial charge in [-0.15, -0.1) is 0 Å². The first-order chi connectivity index (χ1) is 18.7. The van der Waals surface area contributed by atoms with Crippen LogP contribution >= 0.6 is 11.6 Å². The van der Waals surface area contributed by atoms with Gasteiger partial charge in [-0.25, -0.2) is 9.78 Å². The molecule has 2 heterocycles. The third kappa shape index (κ3) is 7.23. The molecule has 4 rings (SSSR count). The Morgan fingerprint density at radius 2 is 2.05 bits per heavy atom. The molecule has 0 fully saturated rings. The van der Waals surface area contributed by atoms with E-state index in [-0.39, 0.29) is 29.4 Å². The van der Waals surface area contributed by atoms with Crippen molar-refractivity contribution in [3.05, 3.63) is 65.6 Å². The summed E-state index contributed by atoms with van der Waals surface area (Å²) in [6, 6.07) is 4.67. The summed E-state index contributed by atoms with van der Waals surface area (Å²) < 4.78 is 4.65. The molecule has 1 aromatic heterocycles. The van der Waals surface area contributed by atoms with Crippen LogP contribution in [-0.4, -0.2) is 40.8 Å². The molecule has 1 aliphatic carbocycles. The van der Waals surface area contributed by atoms with Gasteiger partial charge in [0.05, 0.1) is 30.7 Å². The van der Waals surface area contributed by atoms with E-state index >= 15 is 0 Å². The van der Waals surface area contributed by atoms with Crippen molar-refractivity contribution < 1.29 is 23.9 Å². The molecule has 1 aromatic carbocycles. The Bertz CT molecular complexity index is 1360. The van der Waals surface area contributed by atoms with Gasteiger partial charge in [0.15, 0.2) is 0 Å². The molecule has 4 N–H and O–H groups in total. The predicted molar refractivity (Wildman–Crippen MR) is 148 cm³/mol. The van der Waals surface area contributed by atoms with Crippen molar-refractivity contribution in [2.24, 2.45) is 11.8 Å². The van der Waals surface area contributed by atoms with Gasteiger partial charge in [-0.2, -0.15) is 0 Å². The van der Waals surface area contributed by atoms with Gasteiger partial charge in [-0.1, -0.05) is 36.2 Å². The number of methoxy groups -OCH3 is 1. The van der Waals surface area contributed by atoms with Crippen molar-refractivity contribution in [3.8, 4) is 11.3 Å². The number of nitrogens with one attached hydrogen (secondary N) is 4. The minimum atomic E-state index is -0.623. The van der Waals surface area contributed by atoms with Gasteiger partial charge in [0, 0.05) is 34.5 Å². The monoisotopic (exact) mass is 551 g/mol. The number of aromatic nitrogens is 2. The van der Waals surface area contributed by atoms with Crippen LogP contribution in [0.1, 0.15) is 44.5 Å². The molecule has 0 radical (unpaired) electrons. The summed E-state index contributed by atoms with van der Waals surface area (Å²) >= 11 is 6.11. The Kier molecular flexibility index (Phi) is 8.98. The van der Waals surface area contributed by atoms with Gasteiger partial charge >= 0.3 is 6.09 Å². The van der Waals surface area contributed by atoms with Gasteiger partial charge in [0.25, 0.3) is 0 Å². The highest BCUT2D eigenvalue weighted by Crippen LogP contribution is 2.32. The van der Waals surface area contributed by atoms with Crippen molar-refractivity contribution in [3.63, 3.8) is 0 Å². The molecular formula is C28H30ClN5O5. The summed E-state index contributed by atoms with van der Waals surface area (Å²) in [5, 5.41) is 9.02. The number of carbonyl (C=O) groups is 4. The average Bonchev–Trinajstić information content (AvgIpc) is 3.38. The van der Waals surface area contributed by atoms with Crippen molar-refractivity contribution >= 4 is 46.7 Å². The quantitative estimate of drug-likeness (QED) is 0.385. The van der Waals surface area contributed by atoms with Crippen LogP contribution in [0.25, 0.3) is 11.3 Å². The van der Waals surface area contributed by atoms with Crippen LogP contribution in [0.15, 0.2) is 59.8 Å². The van der Waals surface area contributed by atoms with Crippen LogP contribution in [0.5, 0.6) is 0 Å². The van der Waals surface area contributed by atoms with Gasteiger partial charge in [0.2, 0.25) is 11.8 Å². The van der Waals surface area contributed by atoms with Gasteiger partial charge in [-0.05, 0) is 50.1 Å². The second kappa shape index (κ2) is 12.6. The normalized spacial score (nSPS) is 21.1. The molecule has 1 aliphatic heterocycles. The first-order valence-corrected chi connectivity index (χ1v) is 13.0. The minimum absolute atomic E-state index is 0.0123. The molecule has 10 nitrogen and oxygen atoms in total. The number of benzene rings is 1. The molecule has 2 unspecified atom stereocenters. The van der Waals surface area contributed by atoms with Crippen LogP contribution in [0, 0.1) is 11.8 Å². The predicted octanol–water partition coefficient (Wildman–Crippen LogP) is 4.99. The van der Waals surface area contributed by atoms with Crippen LogP contribution in [0.3, 0.4) is 0 Å². The maximum atomic E-state index is 12.9. The molecule has 11 heteroatoms. The Balaban J connectivity index is 1.56. The Hall–Kier alpha value is -4.18. The average molecular weight is 552 g/mol. The van der Waals surface area contributed by atoms with E-state index in [1.807, 2.05) is 0 Å². The maximum Gasteiger partial charge on any atom is 0.411 e. The zero-order valence-electron chi connectivity index (χ0n) is 21.6. The molecule has 3 amide bonds. The number of allylic oxidation sites excluding steroid dienone is 5. The van der Waals surface area contributed by atoms with Crippen LogP contribution in [0.4, 0.5) is 16.2 Å². The lowest BCUT2D eigenvalue weighted by Crippen LogP contribution is -2.28. The fourth-order valence-electron chi connectivity index (χ4n) is 4.57.